The summed E-state index contributed by atoms with van der Waals surface area (Å²) in [5, 5.41) is 8.02. The van der Waals surface area contributed by atoms with Gasteiger partial charge in [0.2, 0.25) is 11.8 Å². The lowest BCUT2D eigenvalue weighted by molar-refractivity contribution is -0.148. The van der Waals surface area contributed by atoms with Crippen LogP contribution in [0.2, 0.25) is 0 Å². The maximum Gasteiger partial charge on any atom is 0.226 e. The molecule has 0 radical (unpaired) electrons. The Morgan fingerprint density at radius 2 is 1.79 bits per heavy atom. The molecule has 2 amide bonds. The number of hydrogen-bond acceptors (Lipinski definition) is 5. The normalized spacial score (nSPS) is 27.7. The standard InChI is InChI=1S/C22H29N3O4/c1-14-12-25(13-15(2)28-14)22(27)16-7-9-17(10-8-16)23-21(26)11-19-18-5-3-4-6-20(18)29-24-19/h3-6,14-17H,7-13H2,1-2H3,(H,23,26)/t14-,15+,16?,17?. The Morgan fingerprint density at radius 3 is 2.52 bits per heavy atom. The molecular weight excluding hydrogens is 370 g/mol. The average Bonchev–Trinajstić information content (AvgIpc) is 3.10. The number of aromatic nitrogens is 1. The predicted molar refractivity (Wildman–Crippen MR) is 108 cm³/mol. The second-order valence-electron chi connectivity index (χ2n) is 8.42. The lowest BCUT2D eigenvalue weighted by atomic mass is 9.85. The maximum absolute atomic E-state index is 12.9. The molecule has 1 aromatic heterocycles. The molecular formula is C22H29N3O4. The van der Waals surface area contributed by atoms with Gasteiger partial charge in [-0.1, -0.05) is 17.3 Å². The molecule has 1 aliphatic heterocycles. The number of carbonyl (C=O) groups is 2. The predicted octanol–water partition coefficient (Wildman–Crippen LogP) is 2.68. The van der Waals surface area contributed by atoms with E-state index in [1.807, 2.05) is 43.0 Å². The van der Waals surface area contributed by atoms with Gasteiger partial charge in [-0.3, -0.25) is 9.59 Å². The van der Waals surface area contributed by atoms with Crippen molar-refractivity contribution in [3.05, 3.63) is 30.0 Å². The number of benzene rings is 1. The molecule has 2 heterocycles. The first-order valence-electron chi connectivity index (χ1n) is 10.6. The van der Waals surface area contributed by atoms with Crippen LogP contribution in [0.1, 0.15) is 45.2 Å². The summed E-state index contributed by atoms with van der Waals surface area (Å²) in [6.07, 6.45) is 3.68. The van der Waals surface area contributed by atoms with Gasteiger partial charge in [-0.25, -0.2) is 0 Å². The zero-order chi connectivity index (χ0) is 20.4. The molecule has 0 spiro atoms. The van der Waals surface area contributed by atoms with E-state index in [0.717, 1.165) is 31.1 Å². The summed E-state index contributed by atoms with van der Waals surface area (Å²) in [6.45, 7) is 5.37. The molecule has 7 heteroatoms. The summed E-state index contributed by atoms with van der Waals surface area (Å²) in [5.41, 5.74) is 1.36. The molecule has 2 fully saturated rings. The van der Waals surface area contributed by atoms with Gasteiger partial charge in [0.05, 0.1) is 18.6 Å². The van der Waals surface area contributed by atoms with Crippen molar-refractivity contribution in [3.63, 3.8) is 0 Å². The van der Waals surface area contributed by atoms with E-state index in [0.29, 0.717) is 24.4 Å². The van der Waals surface area contributed by atoms with Crippen LogP contribution in [0.15, 0.2) is 28.8 Å². The average molecular weight is 399 g/mol. The first-order chi connectivity index (χ1) is 14.0. The summed E-state index contributed by atoms with van der Waals surface area (Å²) in [6, 6.07) is 7.67. The van der Waals surface area contributed by atoms with Crippen molar-refractivity contribution < 1.29 is 18.8 Å². The molecule has 2 atom stereocenters. The van der Waals surface area contributed by atoms with E-state index in [9.17, 15) is 9.59 Å². The van der Waals surface area contributed by atoms with Crippen LogP contribution in [0.25, 0.3) is 11.0 Å². The number of hydrogen-bond donors (Lipinski definition) is 1. The van der Waals surface area contributed by atoms with Crippen LogP contribution in [0, 0.1) is 5.92 Å². The zero-order valence-electron chi connectivity index (χ0n) is 17.1. The Balaban J connectivity index is 1.26. The first-order valence-corrected chi connectivity index (χ1v) is 10.6. The number of morpholine rings is 1. The third-order valence-corrected chi connectivity index (χ3v) is 5.95. The van der Waals surface area contributed by atoms with Crippen molar-refractivity contribution in [2.45, 2.75) is 64.2 Å². The van der Waals surface area contributed by atoms with Crippen LogP contribution >= 0.6 is 0 Å². The highest BCUT2D eigenvalue weighted by Gasteiger charge is 2.33. The third-order valence-electron chi connectivity index (χ3n) is 5.95. The number of nitrogens with one attached hydrogen (secondary N) is 1. The summed E-state index contributed by atoms with van der Waals surface area (Å²) in [4.78, 5) is 27.3. The lowest BCUT2D eigenvalue weighted by Gasteiger charge is -2.38. The van der Waals surface area contributed by atoms with Gasteiger partial charge in [-0.2, -0.15) is 0 Å². The fraction of sp³-hybridized carbons (Fsp3) is 0.591. The second-order valence-corrected chi connectivity index (χ2v) is 8.42. The van der Waals surface area contributed by atoms with Gasteiger partial charge in [-0.15, -0.1) is 0 Å². The minimum absolute atomic E-state index is 0.0466. The number of fused-ring (bicyclic) bond motifs is 1. The Labute approximate surface area is 170 Å². The van der Waals surface area contributed by atoms with E-state index in [2.05, 4.69) is 10.5 Å². The summed E-state index contributed by atoms with van der Waals surface area (Å²) in [5.74, 6) is 0.251. The summed E-state index contributed by atoms with van der Waals surface area (Å²) < 4.78 is 11.0. The third kappa shape index (κ3) is 4.61. The summed E-state index contributed by atoms with van der Waals surface area (Å²) in [7, 11) is 0. The maximum atomic E-state index is 12.9. The molecule has 1 N–H and O–H groups in total. The zero-order valence-corrected chi connectivity index (χ0v) is 17.1. The number of carbonyl (C=O) groups excluding carboxylic acids is 2. The Bertz CT molecular complexity index is 862. The van der Waals surface area contributed by atoms with Gasteiger partial charge in [0.15, 0.2) is 5.58 Å². The fourth-order valence-electron chi connectivity index (χ4n) is 4.60. The Kier molecular flexibility index (Phi) is 5.85. The van der Waals surface area contributed by atoms with Gasteiger partial charge in [0.1, 0.15) is 5.69 Å². The minimum atomic E-state index is -0.0466. The highest BCUT2D eigenvalue weighted by Crippen LogP contribution is 2.27. The number of para-hydroxylation sites is 1. The van der Waals surface area contributed by atoms with Crippen LogP contribution in [-0.4, -0.2) is 53.2 Å². The topological polar surface area (TPSA) is 84.7 Å². The monoisotopic (exact) mass is 399 g/mol. The van der Waals surface area contributed by atoms with Crippen LogP contribution in [-0.2, 0) is 20.7 Å². The second kappa shape index (κ2) is 8.53. The molecule has 156 valence electrons. The van der Waals surface area contributed by atoms with E-state index in [4.69, 9.17) is 9.26 Å². The highest BCUT2D eigenvalue weighted by molar-refractivity contribution is 5.86. The van der Waals surface area contributed by atoms with E-state index in [-0.39, 0.29) is 42.4 Å². The molecule has 0 unspecified atom stereocenters. The van der Waals surface area contributed by atoms with Gasteiger partial charge in [-0.05, 0) is 51.7 Å². The van der Waals surface area contributed by atoms with Crippen LogP contribution in [0.4, 0.5) is 0 Å². The number of amides is 2. The van der Waals surface area contributed by atoms with Gasteiger partial charge >= 0.3 is 0 Å². The Morgan fingerprint density at radius 1 is 1.10 bits per heavy atom. The van der Waals surface area contributed by atoms with Crippen molar-refractivity contribution in [1.29, 1.82) is 0 Å². The van der Waals surface area contributed by atoms with Gasteiger partial charge in [0, 0.05) is 30.4 Å². The molecule has 1 aromatic carbocycles. The molecule has 4 rings (SSSR count). The first kappa shape index (κ1) is 19.9. The number of nitrogens with zero attached hydrogens (tertiary/aromatic N) is 2. The van der Waals surface area contributed by atoms with Crippen molar-refractivity contribution in [2.75, 3.05) is 13.1 Å². The molecule has 2 aromatic rings. The summed E-state index contributed by atoms with van der Waals surface area (Å²) >= 11 is 0. The van der Waals surface area contributed by atoms with Crippen molar-refractivity contribution in [1.82, 2.24) is 15.4 Å². The highest BCUT2D eigenvalue weighted by atomic mass is 16.5. The van der Waals surface area contributed by atoms with Crippen molar-refractivity contribution in [2.24, 2.45) is 5.92 Å². The SMILES string of the molecule is C[C@@H]1CN(C(=O)C2CCC(NC(=O)Cc3noc4ccccc34)CC2)C[C@H](C)O1. The van der Waals surface area contributed by atoms with E-state index in [1.54, 1.807) is 0 Å². The number of rotatable bonds is 4. The largest absolute Gasteiger partial charge is 0.372 e. The van der Waals surface area contributed by atoms with Gasteiger partial charge < -0.3 is 19.5 Å². The van der Waals surface area contributed by atoms with Crippen molar-refractivity contribution >= 4 is 22.8 Å². The van der Waals surface area contributed by atoms with Gasteiger partial charge in [0.25, 0.3) is 0 Å². The van der Waals surface area contributed by atoms with Crippen LogP contribution in [0.5, 0.6) is 0 Å². The van der Waals surface area contributed by atoms with Crippen LogP contribution < -0.4 is 5.32 Å². The molecule has 1 saturated carbocycles. The van der Waals surface area contributed by atoms with E-state index in [1.165, 1.54) is 0 Å². The Hall–Kier alpha value is -2.41. The van der Waals surface area contributed by atoms with Crippen LogP contribution in [0.3, 0.4) is 0 Å². The molecule has 2 aliphatic rings. The molecule has 1 aliphatic carbocycles. The minimum Gasteiger partial charge on any atom is -0.372 e. The molecule has 29 heavy (non-hydrogen) atoms. The molecule has 1 saturated heterocycles. The van der Waals surface area contributed by atoms with E-state index >= 15 is 0 Å². The molecule has 7 nitrogen and oxygen atoms in total. The molecule has 0 bridgehead atoms. The fourth-order valence-corrected chi connectivity index (χ4v) is 4.60. The van der Waals surface area contributed by atoms with Crippen molar-refractivity contribution in [3.8, 4) is 0 Å². The van der Waals surface area contributed by atoms with E-state index < -0.39 is 0 Å². The number of ether oxygens (including phenoxy) is 1. The lowest BCUT2D eigenvalue weighted by Crippen LogP contribution is -2.51. The smallest absolute Gasteiger partial charge is 0.226 e. The quantitative estimate of drug-likeness (QED) is 0.854.